The summed E-state index contributed by atoms with van der Waals surface area (Å²) < 4.78 is 10.7. The van der Waals surface area contributed by atoms with E-state index in [9.17, 15) is 14.7 Å². The van der Waals surface area contributed by atoms with Crippen molar-refractivity contribution in [2.45, 2.75) is 83.0 Å². The molecule has 2 fully saturated rings. The topological polar surface area (TPSA) is 93.1 Å². The first-order valence-electron chi connectivity index (χ1n) is 10.1. The molecule has 2 unspecified atom stereocenters. The lowest BCUT2D eigenvalue weighted by atomic mass is 9.89. The van der Waals surface area contributed by atoms with Gasteiger partial charge >= 0.3 is 12.1 Å². The molecule has 0 radical (unpaired) electrons. The Bertz CT molecular complexity index is 541. The minimum Gasteiger partial charge on any atom is -0.481 e. The van der Waals surface area contributed by atoms with E-state index < -0.39 is 18.2 Å². The third-order valence-electron chi connectivity index (χ3n) is 5.36. The normalized spacial score (nSPS) is 28.4. The fraction of sp³-hybridized carbons (Fsp3) is 0.714. The molecule has 0 amide bonds. The van der Waals surface area contributed by atoms with E-state index in [0.717, 1.165) is 38.5 Å². The number of ether oxygens (including phenoxy) is 2. The lowest BCUT2D eigenvalue weighted by molar-refractivity contribution is -0.137. The summed E-state index contributed by atoms with van der Waals surface area (Å²) in [6, 6.07) is 0. The maximum Gasteiger partial charge on any atom is 0.508 e. The van der Waals surface area contributed by atoms with E-state index in [1.54, 1.807) is 0 Å². The van der Waals surface area contributed by atoms with Gasteiger partial charge in [-0.15, -0.1) is 0 Å². The average Bonchev–Trinajstić information content (AvgIpc) is 2.86. The van der Waals surface area contributed by atoms with Crippen molar-refractivity contribution >= 4 is 12.1 Å². The summed E-state index contributed by atoms with van der Waals surface area (Å²) in [6.45, 7) is 2.13. The summed E-state index contributed by atoms with van der Waals surface area (Å²) in [5.74, 6) is -0.623. The Kier molecular flexibility index (Phi) is 8.85. The first-order chi connectivity index (χ1) is 13.0. The molecular weight excluding hydrogens is 348 g/mol. The summed E-state index contributed by atoms with van der Waals surface area (Å²) >= 11 is 0. The smallest absolute Gasteiger partial charge is 0.481 e. The van der Waals surface area contributed by atoms with Crippen LogP contribution in [0.1, 0.15) is 64.7 Å². The van der Waals surface area contributed by atoms with Gasteiger partial charge in [0.25, 0.3) is 0 Å². The first kappa shape index (κ1) is 21.5. The summed E-state index contributed by atoms with van der Waals surface area (Å²) in [4.78, 5) is 22.2. The van der Waals surface area contributed by atoms with Crippen LogP contribution in [-0.4, -0.2) is 40.6 Å². The van der Waals surface area contributed by atoms with Crippen molar-refractivity contribution in [3.8, 4) is 0 Å². The van der Waals surface area contributed by atoms with Gasteiger partial charge in [-0.05, 0) is 25.7 Å². The van der Waals surface area contributed by atoms with Gasteiger partial charge in [0, 0.05) is 24.7 Å². The second kappa shape index (κ2) is 11.1. The van der Waals surface area contributed by atoms with E-state index in [1.165, 1.54) is 0 Å². The van der Waals surface area contributed by atoms with Crippen LogP contribution in [0.5, 0.6) is 0 Å². The molecule has 2 bridgehead atoms. The van der Waals surface area contributed by atoms with Crippen LogP contribution in [0.3, 0.4) is 0 Å². The van der Waals surface area contributed by atoms with Crippen molar-refractivity contribution in [1.29, 1.82) is 0 Å². The Morgan fingerprint density at radius 1 is 1.22 bits per heavy atom. The van der Waals surface area contributed by atoms with Gasteiger partial charge in [-0.1, -0.05) is 50.5 Å². The number of allylic oxidation sites excluding steroid dienone is 2. The van der Waals surface area contributed by atoms with Gasteiger partial charge in [-0.25, -0.2) is 4.79 Å². The molecule has 0 aromatic rings. The first-order valence-corrected chi connectivity index (χ1v) is 10.1. The predicted octanol–water partition coefficient (Wildman–Crippen LogP) is 4.23. The van der Waals surface area contributed by atoms with Crippen LogP contribution in [0.4, 0.5) is 4.79 Å². The summed E-state index contributed by atoms with van der Waals surface area (Å²) in [7, 11) is 0. The zero-order valence-electron chi connectivity index (χ0n) is 16.1. The van der Waals surface area contributed by atoms with E-state index in [0.29, 0.717) is 12.8 Å². The summed E-state index contributed by atoms with van der Waals surface area (Å²) in [6.07, 6.45) is 13.3. The van der Waals surface area contributed by atoms with Gasteiger partial charge in [0.1, 0.15) is 12.2 Å². The molecule has 1 heterocycles. The highest BCUT2D eigenvalue weighted by Crippen LogP contribution is 2.43. The number of fused-ring (bicyclic) bond motifs is 2. The van der Waals surface area contributed by atoms with E-state index >= 15 is 0 Å². The monoisotopic (exact) mass is 380 g/mol. The minimum atomic E-state index is -0.778. The molecule has 6 nitrogen and oxygen atoms in total. The van der Waals surface area contributed by atoms with E-state index in [-0.39, 0.29) is 30.5 Å². The maximum absolute atomic E-state index is 11.6. The van der Waals surface area contributed by atoms with Crippen LogP contribution in [0.15, 0.2) is 24.3 Å². The van der Waals surface area contributed by atoms with Crippen molar-refractivity contribution in [3.05, 3.63) is 24.3 Å². The zero-order valence-corrected chi connectivity index (χ0v) is 16.1. The molecule has 152 valence electrons. The molecule has 0 aromatic carbocycles. The molecule has 27 heavy (non-hydrogen) atoms. The molecule has 1 aliphatic carbocycles. The number of carboxylic acid groups (broad SMARTS) is 1. The second-order valence-corrected chi connectivity index (χ2v) is 7.48. The largest absolute Gasteiger partial charge is 0.508 e. The quantitative estimate of drug-likeness (QED) is 0.299. The van der Waals surface area contributed by atoms with Crippen molar-refractivity contribution in [2.75, 3.05) is 0 Å². The number of unbranched alkanes of at least 4 members (excludes halogenated alkanes) is 3. The zero-order chi connectivity index (χ0) is 19.6. The van der Waals surface area contributed by atoms with Gasteiger partial charge in [0.05, 0.1) is 6.10 Å². The Labute approximate surface area is 161 Å². The Morgan fingerprint density at radius 2 is 2.00 bits per heavy atom. The Balaban J connectivity index is 1.90. The lowest BCUT2D eigenvalue weighted by Gasteiger charge is -2.20. The molecule has 1 saturated carbocycles. The van der Waals surface area contributed by atoms with Crippen LogP contribution in [0.2, 0.25) is 0 Å². The molecule has 0 spiro atoms. The van der Waals surface area contributed by atoms with Crippen molar-refractivity contribution in [2.24, 2.45) is 11.8 Å². The third kappa shape index (κ3) is 7.01. The van der Waals surface area contributed by atoms with Gasteiger partial charge in [-0.3, -0.25) is 4.79 Å². The third-order valence-corrected chi connectivity index (χ3v) is 5.36. The molecule has 1 saturated heterocycles. The number of carbonyl (C=O) groups excluding carboxylic acids is 1. The summed E-state index contributed by atoms with van der Waals surface area (Å²) in [5.41, 5.74) is 0. The van der Waals surface area contributed by atoms with Crippen molar-refractivity contribution in [1.82, 2.24) is 0 Å². The Hall–Kier alpha value is -1.82. The van der Waals surface area contributed by atoms with Gasteiger partial charge in [0.15, 0.2) is 0 Å². The molecule has 0 aromatic heterocycles. The SMILES string of the molecule is CCCCC[C@H](O)/C=C/[C@H]1C2CC(OC(=O)O2)[C@@H]1C/C=C\CCCC(=O)O. The number of aliphatic hydroxyl groups is 1. The second-order valence-electron chi connectivity index (χ2n) is 7.48. The van der Waals surface area contributed by atoms with Crippen molar-refractivity contribution in [3.63, 3.8) is 0 Å². The molecule has 6 heteroatoms. The number of carbonyl (C=O) groups is 2. The van der Waals surface area contributed by atoms with Gasteiger partial charge < -0.3 is 19.7 Å². The fourth-order valence-electron chi connectivity index (χ4n) is 3.90. The number of hydrogen-bond donors (Lipinski definition) is 2. The minimum absolute atomic E-state index is 0.0333. The van der Waals surface area contributed by atoms with Crippen LogP contribution >= 0.6 is 0 Å². The van der Waals surface area contributed by atoms with E-state index in [2.05, 4.69) is 6.92 Å². The Morgan fingerprint density at radius 3 is 2.74 bits per heavy atom. The summed E-state index contributed by atoms with van der Waals surface area (Å²) in [5, 5.41) is 18.8. The van der Waals surface area contributed by atoms with E-state index in [4.69, 9.17) is 14.6 Å². The molecule has 2 rings (SSSR count). The number of aliphatic carboxylic acids is 1. The van der Waals surface area contributed by atoms with Gasteiger partial charge in [0.2, 0.25) is 0 Å². The molecule has 2 N–H and O–H groups in total. The number of aliphatic hydroxyl groups excluding tert-OH is 1. The fourth-order valence-corrected chi connectivity index (χ4v) is 3.90. The van der Waals surface area contributed by atoms with Gasteiger partial charge in [-0.2, -0.15) is 0 Å². The van der Waals surface area contributed by atoms with Crippen molar-refractivity contribution < 1.29 is 29.3 Å². The number of carboxylic acids is 1. The van der Waals surface area contributed by atoms with Crippen LogP contribution in [0.25, 0.3) is 0 Å². The lowest BCUT2D eigenvalue weighted by Crippen LogP contribution is -2.28. The van der Waals surface area contributed by atoms with Crippen LogP contribution in [-0.2, 0) is 14.3 Å². The average molecular weight is 380 g/mol. The predicted molar refractivity (Wildman–Crippen MR) is 101 cm³/mol. The standard InChI is InChI=1S/C21H32O6/c1-2-3-6-9-15(22)12-13-17-16(10-7-4-5-8-11-20(23)24)18-14-19(17)27-21(25)26-18/h4,7,12-13,15-19,22H,2-3,5-6,8-11,14H2,1H3,(H,23,24)/b7-4-,13-12+/t15-,16+,17+,18?,19?/m0/s1. The highest BCUT2D eigenvalue weighted by Gasteiger charge is 2.49. The maximum atomic E-state index is 11.6. The molecule has 5 atom stereocenters. The van der Waals surface area contributed by atoms with Crippen LogP contribution < -0.4 is 0 Å². The number of rotatable bonds is 12. The van der Waals surface area contributed by atoms with Crippen LogP contribution in [0, 0.1) is 11.8 Å². The molecule has 1 aliphatic heterocycles. The number of hydrogen-bond acceptors (Lipinski definition) is 5. The van der Waals surface area contributed by atoms with E-state index in [1.807, 2.05) is 24.3 Å². The molecular formula is C21H32O6. The highest BCUT2D eigenvalue weighted by molar-refractivity contribution is 5.66. The molecule has 2 aliphatic rings. The highest BCUT2D eigenvalue weighted by atomic mass is 16.7.